The van der Waals surface area contributed by atoms with Crippen LogP contribution in [0.2, 0.25) is 0 Å². The lowest BCUT2D eigenvalue weighted by Gasteiger charge is -2.34. The summed E-state index contributed by atoms with van der Waals surface area (Å²) in [4.78, 5) is 18.2. The maximum atomic E-state index is 11.7. The SMILES string of the molecule is Cc1nccn1CCCN1C[C@@H]2CCOC[C@]2(C(=O)O)C1. The molecule has 0 aromatic carbocycles. The molecule has 0 spiro atoms. The zero-order valence-corrected chi connectivity index (χ0v) is 12.5. The zero-order valence-electron chi connectivity index (χ0n) is 12.5. The predicted octanol–water partition coefficient (Wildman–Crippen LogP) is 1.00. The molecule has 1 N–H and O–H groups in total. The van der Waals surface area contributed by atoms with Crippen molar-refractivity contribution in [1.82, 2.24) is 14.5 Å². The summed E-state index contributed by atoms with van der Waals surface area (Å²) in [5.74, 6) is 0.569. The number of carboxylic acid groups (broad SMARTS) is 1. The summed E-state index contributed by atoms with van der Waals surface area (Å²) in [5, 5.41) is 9.61. The third kappa shape index (κ3) is 2.70. The number of likely N-dealkylation sites (tertiary alicyclic amines) is 1. The van der Waals surface area contributed by atoms with Crippen molar-refractivity contribution in [3.8, 4) is 0 Å². The van der Waals surface area contributed by atoms with Gasteiger partial charge in [-0.15, -0.1) is 0 Å². The van der Waals surface area contributed by atoms with E-state index < -0.39 is 11.4 Å². The number of ether oxygens (including phenoxy) is 1. The van der Waals surface area contributed by atoms with Crippen LogP contribution in [-0.4, -0.2) is 58.4 Å². The lowest BCUT2D eigenvalue weighted by atomic mass is 9.76. The molecule has 3 heterocycles. The molecule has 0 aliphatic carbocycles. The van der Waals surface area contributed by atoms with Crippen LogP contribution >= 0.6 is 0 Å². The van der Waals surface area contributed by atoms with Crippen molar-refractivity contribution in [3.63, 3.8) is 0 Å². The molecule has 0 saturated carbocycles. The van der Waals surface area contributed by atoms with E-state index in [1.54, 1.807) is 0 Å². The first kappa shape index (κ1) is 14.5. The van der Waals surface area contributed by atoms with E-state index >= 15 is 0 Å². The van der Waals surface area contributed by atoms with Gasteiger partial charge in [0.05, 0.1) is 6.61 Å². The summed E-state index contributed by atoms with van der Waals surface area (Å²) in [6.45, 7) is 6.44. The van der Waals surface area contributed by atoms with Gasteiger partial charge >= 0.3 is 5.97 Å². The van der Waals surface area contributed by atoms with E-state index in [4.69, 9.17) is 4.74 Å². The third-order valence-corrected chi connectivity index (χ3v) is 4.96. The molecular formula is C15H23N3O3. The molecule has 2 aliphatic heterocycles. The zero-order chi connectivity index (χ0) is 14.9. The summed E-state index contributed by atoms with van der Waals surface area (Å²) in [6.07, 6.45) is 5.69. The van der Waals surface area contributed by atoms with Crippen molar-refractivity contribution in [1.29, 1.82) is 0 Å². The summed E-state index contributed by atoms with van der Waals surface area (Å²) in [5.41, 5.74) is -0.677. The van der Waals surface area contributed by atoms with Gasteiger partial charge < -0.3 is 19.3 Å². The number of aryl methyl sites for hydroxylation is 2. The number of hydrogen-bond donors (Lipinski definition) is 1. The second kappa shape index (κ2) is 5.77. The Morgan fingerprint density at radius 2 is 2.43 bits per heavy atom. The van der Waals surface area contributed by atoms with E-state index in [0.717, 1.165) is 38.3 Å². The molecule has 3 rings (SSSR count). The van der Waals surface area contributed by atoms with Gasteiger partial charge in [-0.25, -0.2) is 4.98 Å². The molecule has 116 valence electrons. The first-order valence-electron chi connectivity index (χ1n) is 7.63. The molecule has 6 heteroatoms. The van der Waals surface area contributed by atoms with Gasteiger partial charge in [0, 0.05) is 38.6 Å². The molecule has 0 amide bonds. The van der Waals surface area contributed by atoms with E-state index in [9.17, 15) is 9.90 Å². The maximum Gasteiger partial charge on any atom is 0.313 e. The van der Waals surface area contributed by atoms with Crippen LogP contribution in [0.5, 0.6) is 0 Å². The predicted molar refractivity (Wildman–Crippen MR) is 77.0 cm³/mol. The number of nitrogens with zero attached hydrogens (tertiary/aromatic N) is 3. The fourth-order valence-corrected chi connectivity index (χ4v) is 3.67. The first-order chi connectivity index (χ1) is 10.1. The molecule has 2 fully saturated rings. The maximum absolute atomic E-state index is 11.7. The number of aromatic nitrogens is 2. The number of fused-ring (bicyclic) bond motifs is 1. The molecular weight excluding hydrogens is 270 g/mol. The Morgan fingerprint density at radius 1 is 1.57 bits per heavy atom. The summed E-state index contributed by atoms with van der Waals surface area (Å²) in [6, 6.07) is 0. The van der Waals surface area contributed by atoms with Gasteiger partial charge in [0.15, 0.2) is 0 Å². The molecule has 0 radical (unpaired) electrons. The van der Waals surface area contributed by atoms with Crippen LogP contribution in [0.1, 0.15) is 18.7 Å². The van der Waals surface area contributed by atoms with Crippen LogP contribution in [0.15, 0.2) is 12.4 Å². The van der Waals surface area contributed by atoms with Crippen LogP contribution in [0, 0.1) is 18.3 Å². The quantitative estimate of drug-likeness (QED) is 0.877. The van der Waals surface area contributed by atoms with E-state index in [1.807, 2.05) is 19.3 Å². The monoisotopic (exact) mass is 293 g/mol. The van der Waals surface area contributed by atoms with Gasteiger partial charge in [-0.05, 0) is 32.2 Å². The van der Waals surface area contributed by atoms with Crippen LogP contribution in [0.3, 0.4) is 0 Å². The fourth-order valence-electron chi connectivity index (χ4n) is 3.67. The Kier molecular flexibility index (Phi) is 3.99. The van der Waals surface area contributed by atoms with Crippen molar-refractivity contribution in [2.75, 3.05) is 32.8 Å². The minimum atomic E-state index is -0.694. The minimum absolute atomic E-state index is 0.235. The lowest BCUT2D eigenvalue weighted by molar-refractivity contribution is -0.159. The van der Waals surface area contributed by atoms with Crippen molar-refractivity contribution in [3.05, 3.63) is 18.2 Å². The topological polar surface area (TPSA) is 67.6 Å². The fraction of sp³-hybridized carbons (Fsp3) is 0.733. The minimum Gasteiger partial charge on any atom is -0.481 e. The highest BCUT2D eigenvalue weighted by atomic mass is 16.5. The number of carbonyl (C=O) groups is 1. The molecule has 1 aromatic rings. The lowest BCUT2D eigenvalue weighted by Crippen LogP contribution is -2.46. The molecule has 6 nitrogen and oxygen atoms in total. The second-order valence-corrected chi connectivity index (χ2v) is 6.26. The average Bonchev–Trinajstić information content (AvgIpc) is 3.03. The van der Waals surface area contributed by atoms with Crippen LogP contribution in [-0.2, 0) is 16.1 Å². The Morgan fingerprint density at radius 3 is 3.10 bits per heavy atom. The van der Waals surface area contributed by atoms with Crippen molar-refractivity contribution in [2.24, 2.45) is 11.3 Å². The highest BCUT2D eigenvalue weighted by molar-refractivity contribution is 5.76. The van der Waals surface area contributed by atoms with Crippen molar-refractivity contribution < 1.29 is 14.6 Å². The second-order valence-electron chi connectivity index (χ2n) is 6.26. The van der Waals surface area contributed by atoms with Gasteiger partial charge in [-0.2, -0.15) is 0 Å². The van der Waals surface area contributed by atoms with Crippen molar-refractivity contribution >= 4 is 5.97 Å². The van der Waals surface area contributed by atoms with Gasteiger partial charge in [-0.3, -0.25) is 4.79 Å². The van der Waals surface area contributed by atoms with E-state index in [2.05, 4.69) is 14.5 Å². The highest BCUT2D eigenvalue weighted by Gasteiger charge is 2.53. The van der Waals surface area contributed by atoms with Gasteiger partial charge in [0.1, 0.15) is 11.2 Å². The van der Waals surface area contributed by atoms with Crippen LogP contribution in [0.4, 0.5) is 0 Å². The Balaban J connectivity index is 1.56. The Labute approximate surface area is 124 Å². The van der Waals surface area contributed by atoms with Gasteiger partial charge in [0.25, 0.3) is 0 Å². The van der Waals surface area contributed by atoms with Gasteiger partial charge in [0.2, 0.25) is 0 Å². The third-order valence-electron chi connectivity index (χ3n) is 4.96. The summed E-state index contributed by atoms with van der Waals surface area (Å²) in [7, 11) is 0. The summed E-state index contributed by atoms with van der Waals surface area (Å²) < 4.78 is 7.59. The number of imidazole rings is 1. The number of rotatable bonds is 5. The smallest absolute Gasteiger partial charge is 0.313 e. The van der Waals surface area contributed by atoms with E-state index in [0.29, 0.717) is 19.8 Å². The first-order valence-corrected chi connectivity index (χ1v) is 7.63. The molecule has 1 aromatic heterocycles. The molecule has 0 bridgehead atoms. The van der Waals surface area contributed by atoms with Crippen LogP contribution in [0.25, 0.3) is 0 Å². The normalized spacial score (nSPS) is 29.5. The summed E-state index contributed by atoms with van der Waals surface area (Å²) >= 11 is 0. The van der Waals surface area contributed by atoms with Crippen LogP contribution < -0.4 is 0 Å². The number of hydrogen-bond acceptors (Lipinski definition) is 4. The number of aliphatic carboxylic acids is 1. The highest BCUT2D eigenvalue weighted by Crippen LogP contribution is 2.41. The standard InChI is InChI=1S/C15H23N3O3/c1-12-16-4-7-18(12)6-2-5-17-9-13-3-8-21-11-15(13,10-17)14(19)20/h4,7,13H,2-3,5-6,8-11H2,1H3,(H,19,20)/t13-,15+/m0/s1. The van der Waals surface area contributed by atoms with Crippen molar-refractivity contribution in [2.45, 2.75) is 26.3 Å². The molecule has 21 heavy (non-hydrogen) atoms. The van der Waals surface area contributed by atoms with Gasteiger partial charge in [-0.1, -0.05) is 0 Å². The van der Waals surface area contributed by atoms with E-state index in [-0.39, 0.29) is 5.92 Å². The average molecular weight is 293 g/mol. The molecule has 0 unspecified atom stereocenters. The Bertz CT molecular complexity index is 516. The number of carboxylic acids is 1. The Hall–Kier alpha value is -1.40. The largest absolute Gasteiger partial charge is 0.481 e. The molecule has 2 saturated heterocycles. The molecule has 2 atom stereocenters. The van der Waals surface area contributed by atoms with E-state index in [1.165, 1.54) is 0 Å². The molecule has 2 aliphatic rings.